The molecule has 3 rings (SSSR count). The second-order valence-electron chi connectivity index (χ2n) is 5.59. The average Bonchev–Trinajstić information content (AvgIpc) is 3.23. The molecule has 142 valence electrons. The molecule has 0 atom stereocenters. The molecule has 0 saturated carbocycles. The standard InChI is InChI=1S/C20H16BrN3O4/c1-26-17-14(7-3-8-15(17)21)20(25)24-13-6-2-5-12(11-13)18(22)28-19(23)16-9-4-10-27-16/h2-11,22-23H,1H3,(H,24,25). The van der Waals surface area contributed by atoms with Crippen LogP contribution in [0.25, 0.3) is 0 Å². The molecule has 7 nitrogen and oxygen atoms in total. The minimum absolute atomic E-state index is 0.218. The van der Waals surface area contributed by atoms with E-state index < -0.39 is 0 Å². The van der Waals surface area contributed by atoms with Gasteiger partial charge in [0.05, 0.1) is 23.4 Å². The number of methoxy groups -OCH3 is 1. The summed E-state index contributed by atoms with van der Waals surface area (Å²) in [6, 6.07) is 15.0. The number of ether oxygens (including phenoxy) is 2. The van der Waals surface area contributed by atoms with Gasteiger partial charge in [0.1, 0.15) is 5.75 Å². The molecule has 1 amide bonds. The van der Waals surface area contributed by atoms with Crippen LogP contribution in [-0.4, -0.2) is 24.8 Å². The molecule has 0 saturated heterocycles. The summed E-state index contributed by atoms with van der Waals surface area (Å²) in [5.74, 6) is -0.220. The molecule has 0 aliphatic heterocycles. The highest BCUT2D eigenvalue weighted by Gasteiger charge is 2.16. The molecule has 0 spiro atoms. The smallest absolute Gasteiger partial charge is 0.259 e. The Labute approximate surface area is 169 Å². The van der Waals surface area contributed by atoms with Gasteiger partial charge in [-0.1, -0.05) is 12.1 Å². The Kier molecular flexibility index (Phi) is 5.90. The van der Waals surface area contributed by atoms with Crippen molar-refractivity contribution in [2.45, 2.75) is 0 Å². The zero-order chi connectivity index (χ0) is 20.1. The Morgan fingerprint density at radius 2 is 1.86 bits per heavy atom. The molecule has 0 fully saturated rings. The first kappa shape index (κ1) is 19.4. The lowest BCUT2D eigenvalue weighted by atomic mass is 10.1. The highest BCUT2D eigenvalue weighted by Crippen LogP contribution is 2.29. The number of carbonyl (C=O) groups is 1. The molecule has 3 N–H and O–H groups in total. The zero-order valence-electron chi connectivity index (χ0n) is 14.8. The van der Waals surface area contributed by atoms with Crippen LogP contribution in [0.5, 0.6) is 5.75 Å². The van der Waals surface area contributed by atoms with E-state index in [4.69, 9.17) is 24.7 Å². The summed E-state index contributed by atoms with van der Waals surface area (Å²) in [5, 5.41) is 18.7. The van der Waals surface area contributed by atoms with Crippen molar-refractivity contribution in [1.82, 2.24) is 0 Å². The molecule has 0 aliphatic rings. The van der Waals surface area contributed by atoms with Gasteiger partial charge in [0.2, 0.25) is 5.90 Å². The third-order valence-corrected chi connectivity index (χ3v) is 4.37. The van der Waals surface area contributed by atoms with Gasteiger partial charge in [-0.05, 0) is 58.4 Å². The largest absolute Gasteiger partial charge is 0.495 e. The topological polar surface area (TPSA) is 108 Å². The molecule has 28 heavy (non-hydrogen) atoms. The first-order valence-electron chi connectivity index (χ1n) is 8.12. The molecule has 8 heteroatoms. The van der Waals surface area contributed by atoms with Gasteiger partial charge in [0.25, 0.3) is 11.8 Å². The number of halogens is 1. The average molecular weight is 442 g/mol. The van der Waals surface area contributed by atoms with E-state index in [9.17, 15) is 4.79 Å². The Hall–Kier alpha value is -3.39. The van der Waals surface area contributed by atoms with Crippen LogP contribution in [0.15, 0.2) is 69.8 Å². The van der Waals surface area contributed by atoms with E-state index in [0.717, 1.165) is 0 Å². The molecular weight excluding hydrogens is 426 g/mol. The number of carbonyl (C=O) groups excluding carboxylic acids is 1. The SMILES string of the molecule is COc1c(Br)cccc1C(=O)Nc1cccc(C(=N)OC(=N)c2ccco2)c1. The van der Waals surface area contributed by atoms with Crippen LogP contribution in [-0.2, 0) is 4.74 Å². The molecule has 0 unspecified atom stereocenters. The van der Waals surface area contributed by atoms with Crippen molar-refractivity contribution in [3.05, 3.63) is 82.2 Å². The van der Waals surface area contributed by atoms with E-state index in [0.29, 0.717) is 27.0 Å². The molecular formula is C20H16BrN3O4. The fourth-order valence-corrected chi connectivity index (χ4v) is 2.98. The van der Waals surface area contributed by atoms with Crippen LogP contribution in [0, 0.1) is 10.8 Å². The molecule has 1 aromatic heterocycles. The minimum Gasteiger partial charge on any atom is -0.495 e. The summed E-state index contributed by atoms with van der Waals surface area (Å²) < 4.78 is 16.2. The van der Waals surface area contributed by atoms with Crippen LogP contribution in [0.1, 0.15) is 21.7 Å². The third kappa shape index (κ3) is 4.29. The maximum Gasteiger partial charge on any atom is 0.259 e. The quantitative estimate of drug-likeness (QED) is 0.394. The Balaban J connectivity index is 1.75. The highest BCUT2D eigenvalue weighted by atomic mass is 79.9. The lowest BCUT2D eigenvalue weighted by Gasteiger charge is -2.12. The Morgan fingerprint density at radius 1 is 1.07 bits per heavy atom. The van der Waals surface area contributed by atoms with E-state index in [1.165, 1.54) is 13.4 Å². The van der Waals surface area contributed by atoms with Gasteiger partial charge >= 0.3 is 0 Å². The number of para-hydroxylation sites is 1. The zero-order valence-corrected chi connectivity index (χ0v) is 16.4. The van der Waals surface area contributed by atoms with E-state index in [2.05, 4.69) is 21.2 Å². The van der Waals surface area contributed by atoms with Crippen molar-refractivity contribution >= 4 is 39.3 Å². The van der Waals surface area contributed by atoms with Crippen LogP contribution < -0.4 is 10.1 Å². The van der Waals surface area contributed by atoms with Crippen molar-refractivity contribution < 1.29 is 18.7 Å². The van der Waals surface area contributed by atoms with Crippen LogP contribution >= 0.6 is 15.9 Å². The predicted octanol–water partition coefficient (Wildman–Crippen LogP) is 4.67. The summed E-state index contributed by atoms with van der Waals surface area (Å²) in [6.07, 6.45) is 1.42. The normalized spacial score (nSPS) is 10.2. The summed E-state index contributed by atoms with van der Waals surface area (Å²) in [6.45, 7) is 0. The predicted molar refractivity (Wildman–Crippen MR) is 109 cm³/mol. The van der Waals surface area contributed by atoms with Crippen LogP contribution in [0.2, 0.25) is 0 Å². The van der Waals surface area contributed by atoms with Gasteiger partial charge < -0.3 is 19.2 Å². The fourth-order valence-electron chi connectivity index (χ4n) is 2.45. The second-order valence-corrected chi connectivity index (χ2v) is 6.45. The van der Waals surface area contributed by atoms with Crippen molar-refractivity contribution in [2.75, 3.05) is 12.4 Å². The first-order chi connectivity index (χ1) is 13.5. The maximum absolute atomic E-state index is 12.6. The number of furan rings is 1. The lowest BCUT2D eigenvalue weighted by molar-refractivity contribution is 0.102. The summed E-state index contributed by atoms with van der Waals surface area (Å²) in [4.78, 5) is 12.6. The van der Waals surface area contributed by atoms with E-state index >= 15 is 0 Å². The number of anilines is 1. The van der Waals surface area contributed by atoms with Crippen molar-refractivity contribution in [3.63, 3.8) is 0 Å². The van der Waals surface area contributed by atoms with E-state index in [1.807, 2.05) is 0 Å². The number of benzene rings is 2. The van der Waals surface area contributed by atoms with E-state index in [1.54, 1.807) is 54.6 Å². The summed E-state index contributed by atoms with van der Waals surface area (Å²) in [7, 11) is 1.49. The molecule has 1 heterocycles. The van der Waals surface area contributed by atoms with E-state index in [-0.39, 0.29) is 23.5 Å². The molecule has 0 radical (unpaired) electrons. The number of hydrogen-bond donors (Lipinski definition) is 3. The van der Waals surface area contributed by atoms with Crippen molar-refractivity contribution in [3.8, 4) is 5.75 Å². The van der Waals surface area contributed by atoms with Gasteiger partial charge in [-0.3, -0.25) is 15.6 Å². The van der Waals surface area contributed by atoms with Gasteiger partial charge in [0.15, 0.2) is 5.76 Å². The maximum atomic E-state index is 12.6. The molecule has 0 bridgehead atoms. The Bertz CT molecular complexity index is 1030. The second kappa shape index (κ2) is 8.53. The highest BCUT2D eigenvalue weighted by molar-refractivity contribution is 9.10. The molecule has 0 aliphatic carbocycles. The summed E-state index contributed by atoms with van der Waals surface area (Å²) >= 11 is 3.35. The van der Waals surface area contributed by atoms with Gasteiger partial charge in [-0.25, -0.2) is 0 Å². The van der Waals surface area contributed by atoms with Gasteiger partial charge in [0, 0.05) is 11.3 Å². The lowest BCUT2D eigenvalue weighted by Crippen LogP contribution is -2.15. The van der Waals surface area contributed by atoms with Gasteiger partial charge in [-0.15, -0.1) is 0 Å². The minimum atomic E-state index is -0.355. The van der Waals surface area contributed by atoms with Crippen molar-refractivity contribution in [2.24, 2.45) is 0 Å². The Morgan fingerprint density at radius 3 is 2.57 bits per heavy atom. The van der Waals surface area contributed by atoms with Crippen LogP contribution in [0.3, 0.4) is 0 Å². The van der Waals surface area contributed by atoms with Gasteiger partial charge in [-0.2, -0.15) is 0 Å². The molecule has 3 aromatic rings. The van der Waals surface area contributed by atoms with Crippen molar-refractivity contribution in [1.29, 1.82) is 10.8 Å². The first-order valence-corrected chi connectivity index (χ1v) is 8.92. The number of hydrogen-bond acceptors (Lipinski definition) is 6. The fraction of sp³-hybridized carbons (Fsp3) is 0.0500. The number of rotatable bonds is 5. The third-order valence-electron chi connectivity index (χ3n) is 3.75. The van der Waals surface area contributed by atoms with Crippen LogP contribution in [0.4, 0.5) is 5.69 Å². The number of amides is 1. The summed E-state index contributed by atoms with van der Waals surface area (Å²) in [5.41, 5.74) is 1.24. The number of nitrogens with one attached hydrogen (secondary N) is 3. The monoisotopic (exact) mass is 441 g/mol. The molecule has 2 aromatic carbocycles.